The number of aryl methyl sites for hydroxylation is 1. The Balaban J connectivity index is 1.73. The van der Waals surface area contributed by atoms with E-state index in [0.29, 0.717) is 34.3 Å². The van der Waals surface area contributed by atoms with Gasteiger partial charge in [-0.2, -0.15) is 0 Å². The zero-order valence-corrected chi connectivity index (χ0v) is 21.5. The smallest absolute Gasteiger partial charge is 0.303 e. The predicted octanol–water partition coefficient (Wildman–Crippen LogP) is 4.94. The SMILES string of the molecule is CC(=O)c1nc(-c2ccc(C[C@@H](CCC(=O)O)NC(=O)c3ccc(OC(C)C)c(Cl)c3)cc2)cn1C. The molecule has 0 aliphatic heterocycles. The van der Waals surface area contributed by atoms with Crippen LogP contribution in [0.1, 0.15) is 60.2 Å². The van der Waals surface area contributed by atoms with Crippen molar-refractivity contribution in [3.63, 3.8) is 0 Å². The summed E-state index contributed by atoms with van der Waals surface area (Å²) in [5, 5.41) is 12.4. The molecule has 8 nitrogen and oxygen atoms in total. The van der Waals surface area contributed by atoms with Gasteiger partial charge < -0.3 is 19.7 Å². The van der Waals surface area contributed by atoms with E-state index in [4.69, 9.17) is 21.4 Å². The van der Waals surface area contributed by atoms with Gasteiger partial charge in [0.2, 0.25) is 0 Å². The van der Waals surface area contributed by atoms with Crippen molar-refractivity contribution in [2.24, 2.45) is 7.05 Å². The molecule has 0 unspecified atom stereocenters. The van der Waals surface area contributed by atoms with Crippen LogP contribution in [-0.2, 0) is 18.3 Å². The van der Waals surface area contributed by atoms with Crippen molar-refractivity contribution in [1.29, 1.82) is 0 Å². The lowest BCUT2D eigenvalue weighted by Gasteiger charge is -2.19. The van der Waals surface area contributed by atoms with Gasteiger partial charge in [-0.15, -0.1) is 0 Å². The van der Waals surface area contributed by atoms with Crippen LogP contribution < -0.4 is 10.1 Å². The number of Topliss-reactive ketones (excluding diaryl/α,β-unsaturated/α-hetero) is 1. The molecule has 2 aromatic carbocycles. The number of amides is 1. The number of hydrogen-bond acceptors (Lipinski definition) is 5. The first-order valence-electron chi connectivity index (χ1n) is 11.7. The van der Waals surface area contributed by atoms with E-state index in [1.54, 1.807) is 36.0 Å². The molecule has 0 saturated carbocycles. The van der Waals surface area contributed by atoms with Gasteiger partial charge in [0.25, 0.3) is 5.91 Å². The number of nitrogens with one attached hydrogen (secondary N) is 1. The number of carbonyl (C=O) groups is 3. The lowest BCUT2D eigenvalue weighted by atomic mass is 9.99. The molecule has 3 aromatic rings. The maximum Gasteiger partial charge on any atom is 0.303 e. The summed E-state index contributed by atoms with van der Waals surface area (Å²) in [5.41, 5.74) is 2.83. The van der Waals surface area contributed by atoms with Crippen LogP contribution in [0.25, 0.3) is 11.3 Å². The van der Waals surface area contributed by atoms with Gasteiger partial charge in [0.05, 0.1) is 16.8 Å². The summed E-state index contributed by atoms with van der Waals surface area (Å²) in [7, 11) is 1.77. The van der Waals surface area contributed by atoms with Crippen LogP contribution in [0.15, 0.2) is 48.7 Å². The minimum absolute atomic E-state index is 0.0529. The number of benzene rings is 2. The summed E-state index contributed by atoms with van der Waals surface area (Å²) >= 11 is 6.27. The van der Waals surface area contributed by atoms with Crippen molar-refractivity contribution in [2.45, 2.75) is 52.2 Å². The van der Waals surface area contributed by atoms with Gasteiger partial charge in [-0.25, -0.2) is 4.98 Å². The molecule has 0 fully saturated rings. The number of carbonyl (C=O) groups excluding carboxylic acids is 2. The number of halogens is 1. The highest BCUT2D eigenvalue weighted by atomic mass is 35.5. The van der Waals surface area contributed by atoms with Gasteiger partial charge in [0, 0.05) is 43.8 Å². The predicted molar refractivity (Wildman–Crippen MR) is 138 cm³/mol. The maximum atomic E-state index is 12.9. The second-order valence-electron chi connectivity index (χ2n) is 8.93. The van der Waals surface area contributed by atoms with Crippen LogP contribution in [0.3, 0.4) is 0 Å². The van der Waals surface area contributed by atoms with E-state index in [0.717, 1.165) is 11.1 Å². The molecule has 0 aliphatic rings. The number of hydrogen-bond donors (Lipinski definition) is 2. The number of carboxylic acid groups (broad SMARTS) is 1. The average Bonchev–Trinajstić information content (AvgIpc) is 3.20. The number of imidazole rings is 1. The molecule has 0 radical (unpaired) electrons. The van der Waals surface area contributed by atoms with E-state index in [-0.39, 0.29) is 30.6 Å². The van der Waals surface area contributed by atoms with Crippen molar-refractivity contribution in [2.75, 3.05) is 0 Å². The summed E-state index contributed by atoms with van der Waals surface area (Å²) in [4.78, 5) is 40.2. The maximum absolute atomic E-state index is 12.9. The summed E-state index contributed by atoms with van der Waals surface area (Å²) in [6, 6.07) is 12.0. The van der Waals surface area contributed by atoms with E-state index in [1.165, 1.54) is 6.92 Å². The molecule has 1 amide bonds. The zero-order valence-electron chi connectivity index (χ0n) is 20.7. The number of ketones is 1. The standard InChI is InChI=1S/C27H30ClN3O5/c1-16(2)36-24-11-9-20(14-22(24)28)27(35)29-21(10-12-25(33)34)13-18-5-7-19(8-6-18)23-15-31(4)26(30-23)17(3)32/h5-9,11,14-16,21H,10,12-13H2,1-4H3,(H,29,35)(H,33,34)/t21-/m1/s1. The van der Waals surface area contributed by atoms with Crippen molar-refractivity contribution in [3.05, 3.63) is 70.6 Å². The molecule has 2 N–H and O–H groups in total. The molecule has 1 atom stereocenters. The molecule has 3 rings (SSSR count). The normalized spacial score (nSPS) is 11.8. The van der Waals surface area contributed by atoms with Gasteiger partial charge in [0.15, 0.2) is 11.6 Å². The van der Waals surface area contributed by atoms with Gasteiger partial charge >= 0.3 is 5.97 Å². The van der Waals surface area contributed by atoms with E-state index in [1.807, 2.05) is 38.1 Å². The van der Waals surface area contributed by atoms with E-state index in [9.17, 15) is 14.4 Å². The zero-order chi connectivity index (χ0) is 26.4. The number of nitrogens with zero attached hydrogens (tertiary/aromatic N) is 2. The fourth-order valence-corrected chi connectivity index (χ4v) is 4.04. The Morgan fingerprint density at radius 2 is 1.83 bits per heavy atom. The minimum Gasteiger partial charge on any atom is -0.489 e. The highest BCUT2D eigenvalue weighted by molar-refractivity contribution is 6.32. The Bertz CT molecular complexity index is 1250. The number of ether oxygens (including phenoxy) is 1. The summed E-state index contributed by atoms with van der Waals surface area (Å²) in [5.74, 6) is -0.506. The van der Waals surface area contributed by atoms with Gasteiger partial charge in [-0.05, 0) is 50.5 Å². The molecule has 1 aromatic heterocycles. The number of aromatic nitrogens is 2. The van der Waals surface area contributed by atoms with Crippen LogP contribution >= 0.6 is 11.6 Å². The minimum atomic E-state index is -0.931. The van der Waals surface area contributed by atoms with Gasteiger partial charge in [-0.1, -0.05) is 35.9 Å². The molecule has 190 valence electrons. The Hall–Kier alpha value is -3.65. The van der Waals surface area contributed by atoms with Crippen molar-refractivity contribution in [3.8, 4) is 17.0 Å². The lowest BCUT2D eigenvalue weighted by Crippen LogP contribution is -2.37. The Labute approximate surface area is 215 Å². The van der Waals surface area contributed by atoms with Gasteiger partial charge in [0.1, 0.15) is 5.75 Å². The molecule has 36 heavy (non-hydrogen) atoms. The molecule has 0 saturated heterocycles. The third-order valence-corrected chi connectivity index (χ3v) is 5.82. The van der Waals surface area contributed by atoms with E-state index < -0.39 is 12.0 Å². The van der Waals surface area contributed by atoms with Crippen molar-refractivity contribution >= 4 is 29.3 Å². The lowest BCUT2D eigenvalue weighted by molar-refractivity contribution is -0.137. The van der Waals surface area contributed by atoms with Crippen molar-refractivity contribution in [1.82, 2.24) is 14.9 Å². The number of carboxylic acids is 1. The first-order valence-corrected chi connectivity index (χ1v) is 12.0. The Morgan fingerprint density at radius 3 is 2.39 bits per heavy atom. The fourth-order valence-electron chi connectivity index (χ4n) is 3.81. The summed E-state index contributed by atoms with van der Waals surface area (Å²) < 4.78 is 7.31. The van der Waals surface area contributed by atoms with Crippen LogP contribution in [0.4, 0.5) is 0 Å². The van der Waals surface area contributed by atoms with Gasteiger partial charge in [-0.3, -0.25) is 14.4 Å². The fraction of sp³-hybridized carbons (Fsp3) is 0.333. The molecule has 0 spiro atoms. The van der Waals surface area contributed by atoms with E-state index >= 15 is 0 Å². The second kappa shape index (κ2) is 11.9. The molecule has 0 aliphatic carbocycles. The number of aliphatic carboxylic acids is 1. The van der Waals surface area contributed by atoms with Crippen LogP contribution in [0.2, 0.25) is 5.02 Å². The number of rotatable bonds is 11. The third-order valence-electron chi connectivity index (χ3n) is 5.52. The topological polar surface area (TPSA) is 111 Å². The highest BCUT2D eigenvalue weighted by Crippen LogP contribution is 2.27. The Kier molecular flexibility index (Phi) is 8.88. The monoisotopic (exact) mass is 511 g/mol. The van der Waals surface area contributed by atoms with Crippen LogP contribution in [0.5, 0.6) is 5.75 Å². The molecule has 0 bridgehead atoms. The molecular weight excluding hydrogens is 482 g/mol. The molecule has 1 heterocycles. The van der Waals surface area contributed by atoms with Crippen molar-refractivity contribution < 1.29 is 24.2 Å². The summed E-state index contributed by atoms with van der Waals surface area (Å²) in [6.07, 6.45) is 2.38. The first-order chi connectivity index (χ1) is 17.0. The Morgan fingerprint density at radius 1 is 1.14 bits per heavy atom. The third kappa shape index (κ3) is 7.18. The quantitative estimate of drug-likeness (QED) is 0.353. The average molecular weight is 512 g/mol. The molecule has 9 heteroatoms. The summed E-state index contributed by atoms with van der Waals surface area (Å²) in [6.45, 7) is 5.25. The van der Waals surface area contributed by atoms with Crippen LogP contribution in [-0.4, -0.2) is 44.5 Å². The first kappa shape index (κ1) is 26.9. The van der Waals surface area contributed by atoms with Crippen LogP contribution in [0, 0.1) is 0 Å². The largest absolute Gasteiger partial charge is 0.489 e. The molecular formula is C27H30ClN3O5. The van der Waals surface area contributed by atoms with E-state index in [2.05, 4.69) is 10.3 Å². The second-order valence-corrected chi connectivity index (χ2v) is 9.34. The highest BCUT2D eigenvalue weighted by Gasteiger charge is 2.18.